The molecule has 8 nitrogen and oxygen atoms in total. The largest absolute Gasteiger partial charge is 0.326 e. The van der Waals surface area contributed by atoms with Gasteiger partial charge in [0.15, 0.2) is 0 Å². The molecule has 0 radical (unpaired) electrons. The van der Waals surface area contributed by atoms with Crippen LogP contribution in [0.2, 0.25) is 5.02 Å². The predicted octanol–water partition coefficient (Wildman–Crippen LogP) is -0.322. The van der Waals surface area contributed by atoms with E-state index in [0.29, 0.717) is 12.2 Å². The van der Waals surface area contributed by atoms with E-state index in [4.69, 9.17) is 11.6 Å². The summed E-state index contributed by atoms with van der Waals surface area (Å²) < 4.78 is 28.0. The van der Waals surface area contributed by atoms with Crippen LogP contribution in [0.4, 0.5) is 0 Å². The summed E-state index contributed by atoms with van der Waals surface area (Å²) in [6, 6.07) is 1.10. The van der Waals surface area contributed by atoms with Gasteiger partial charge in [-0.15, -0.1) is 10.2 Å². The van der Waals surface area contributed by atoms with Gasteiger partial charge in [0.2, 0.25) is 10.0 Å². The van der Waals surface area contributed by atoms with Crippen LogP contribution in [0.15, 0.2) is 28.3 Å². The monoisotopic (exact) mass is 317 g/mol. The normalized spacial score (nSPS) is 11.7. The van der Waals surface area contributed by atoms with Crippen molar-refractivity contribution in [2.24, 2.45) is 7.05 Å². The van der Waals surface area contributed by atoms with Crippen molar-refractivity contribution in [2.75, 3.05) is 6.54 Å². The smallest absolute Gasteiger partial charge is 0.266 e. The molecule has 10 heteroatoms. The van der Waals surface area contributed by atoms with Gasteiger partial charge in [-0.3, -0.25) is 4.79 Å². The molecule has 0 unspecified atom stereocenters. The second-order valence-corrected chi connectivity index (χ2v) is 6.19. The van der Waals surface area contributed by atoms with Crippen LogP contribution in [0, 0.1) is 0 Å². The summed E-state index contributed by atoms with van der Waals surface area (Å²) in [5, 5.41) is 7.36. The summed E-state index contributed by atoms with van der Waals surface area (Å²) in [6.45, 7) is 0.158. The lowest BCUT2D eigenvalue weighted by Crippen LogP contribution is -2.27. The maximum Gasteiger partial charge on any atom is 0.266 e. The molecule has 0 aliphatic heterocycles. The van der Waals surface area contributed by atoms with Crippen molar-refractivity contribution in [2.45, 2.75) is 11.3 Å². The van der Waals surface area contributed by atoms with Gasteiger partial charge in [0.25, 0.3) is 5.56 Å². The number of halogens is 1. The maximum atomic E-state index is 12.0. The molecular weight excluding hydrogens is 306 g/mol. The molecule has 0 amide bonds. The van der Waals surface area contributed by atoms with Crippen LogP contribution in [0.3, 0.4) is 0 Å². The first-order valence-corrected chi connectivity index (χ1v) is 7.47. The molecule has 0 bridgehead atoms. The van der Waals surface area contributed by atoms with Gasteiger partial charge in [-0.05, 0) is 6.07 Å². The highest BCUT2D eigenvalue weighted by molar-refractivity contribution is 7.89. The van der Waals surface area contributed by atoms with Crippen LogP contribution in [-0.4, -0.2) is 34.7 Å². The van der Waals surface area contributed by atoms with Crippen LogP contribution < -0.4 is 10.3 Å². The lowest BCUT2D eigenvalue weighted by atomic mass is 10.4. The molecular formula is C10H12ClN5O3S. The van der Waals surface area contributed by atoms with E-state index < -0.39 is 15.6 Å². The Hall–Kier alpha value is -1.71. The van der Waals surface area contributed by atoms with Crippen molar-refractivity contribution in [3.8, 4) is 0 Å². The number of aromatic nitrogens is 4. The minimum absolute atomic E-state index is 0.0972. The van der Waals surface area contributed by atoms with E-state index in [0.717, 1.165) is 12.3 Å². The number of nitrogens with one attached hydrogen (secondary N) is 2. The SMILES string of the molecule is Cn1cnnc1CCNS(=O)(=O)c1c[nH]c(=O)c(Cl)c1. The predicted molar refractivity (Wildman–Crippen MR) is 72.0 cm³/mol. The average Bonchev–Trinajstić information content (AvgIpc) is 2.78. The van der Waals surface area contributed by atoms with E-state index in [1.54, 1.807) is 11.6 Å². The van der Waals surface area contributed by atoms with Crippen molar-refractivity contribution >= 4 is 21.6 Å². The van der Waals surface area contributed by atoms with Crippen molar-refractivity contribution in [3.05, 3.63) is 39.8 Å². The molecule has 0 aromatic carbocycles. The Bertz CT molecular complexity index is 767. The Balaban J connectivity index is 2.06. The van der Waals surface area contributed by atoms with Gasteiger partial charge in [-0.25, -0.2) is 13.1 Å². The quantitative estimate of drug-likeness (QED) is 0.785. The third kappa shape index (κ3) is 3.24. The minimum atomic E-state index is -3.73. The zero-order valence-corrected chi connectivity index (χ0v) is 12.1. The molecule has 0 aliphatic carbocycles. The number of aromatic amines is 1. The van der Waals surface area contributed by atoms with Gasteiger partial charge >= 0.3 is 0 Å². The first kappa shape index (κ1) is 14.7. The van der Waals surface area contributed by atoms with E-state index in [2.05, 4.69) is 19.9 Å². The molecule has 0 aliphatic rings. The fourth-order valence-corrected chi connectivity index (χ4v) is 2.77. The van der Waals surface area contributed by atoms with E-state index in [-0.39, 0.29) is 16.5 Å². The Morgan fingerprint density at radius 1 is 1.50 bits per heavy atom. The van der Waals surface area contributed by atoms with Crippen LogP contribution >= 0.6 is 11.6 Å². The summed E-state index contributed by atoms with van der Waals surface area (Å²) in [5.74, 6) is 0.659. The molecule has 108 valence electrons. The summed E-state index contributed by atoms with van der Waals surface area (Å²) >= 11 is 5.60. The molecule has 2 N–H and O–H groups in total. The van der Waals surface area contributed by atoms with Gasteiger partial charge in [0.1, 0.15) is 17.2 Å². The second kappa shape index (κ2) is 5.73. The van der Waals surface area contributed by atoms with Crippen molar-refractivity contribution in [1.29, 1.82) is 0 Å². The highest BCUT2D eigenvalue weighted by Crippen LogP contribution is 2.10. The van der Waals surface area contributed by atoms with E-state index in [9.17, 15) is 13.2 Å². The second-order valence-electron chi connectivity index (χ2n) is 4.02. The summed E-state index contributed by atoms with van der Waals surface area (Å²) in [6.07, 6.45) is 3.03. The van der Waals surface area contributed by atoms with E-state index >= 15 is 0 Å². The minimum Gasteiger partial charge on any atom is -0.326 e. The lowest BCUT2D eigenvalue weighted by Gasteiger charge is -2.06. The standard InChI is InChI=1S/C10H12ClN5O3S/c1-16-6-13-15-9(16)2-3-14-20(18,19)7-4-8(11)10(17)12-5-7/h4-6,14H,2-3H2,1H3,(H,12,17). The zero-order valence-electron chi connectivity index (χ0n) is 10.5. The van der Waals surface area contributed by atoms with E-state index in [1.807, 2.05) is 0 Å². The van der Waals surface area contributed by atoms with Crippen LogP contribution in [0.5, 0.6) is 0 Å². The third-order valence-corrected chi connectivity index (χ3v) is 4.31. The molecule has 0 saturated carbocycles. The van der Waals surface area contributed by atoms with Crippen LogP contribution in [0.1, 0.15) is 5.82 Å². The Morgan fingerprint density at radius 3 is 2.85 bits per heavy atom. The third-order valence-electron chi connectivity index (χ3n) is 2.59. The Labute approximate surface area is 119 Å². The molecule has 20 heavy (non-hydrogen) atoms. The van der Waals surface area contributed by atoms with Gasteiger partial charge in [-0.1, -0.05) is 11.6 Å². The summed E-state index contributed by atoms with van der Waals surface area (Å²) in [7, 11) is -1.96. The number of H-pyrrole nitrogens is 1. The summed E-state index contributed by atoms with van der Waals surface area (Å²) in [5.41, 5.74) is -0.537. The average molecular weight is 318 g/mol. The first-order valence-electron chi connectivity index (χ1n) is 5.61. The summed E-state index contributed by atoms with van der Waals surface area (Å²) in [4.78, 5) is 13.2. The molecule has 0 fully saturated rings. The highest BCUT2D eigenvalue weighted by Gasteiger charge is 2.15. The molecule has 2 heterocycles. The van der Waals surface area contributed by atoms with Crippen molar-refractivity contribution in [3.63, 3.8) is 0 Å². The van der Waals surface area contributed by atoms with Gasteiger partial charge in [-0.2, -0.15) is 0 Å². The van der Waals surface area contributed by atoms with Crippen LogP contribution in [0.25, 0.3) is 0 Å². The van der Waals surface area contributed by atoms with Crippen LogP contribution in [-0.2, 0) is 23.5 Å². The van der Waals surface area contributed by atoms with Crippen molar-refractivity contribution in [1.82, 2.24) is 24.5 Å². The zero-order chi connectivity index (χ0) is 14.8. The Kier molecular flexibility index (Phi) is 4.21. The van der Waals surface area contributed by atoms with Gasteiger partial charge < -0.3 is 9.55 Å². The Morgan fingerprint density at radius 2 is 2.25 bits per heavy atom. The fraction of sp³-hybridized carbons (Fsp3) is 0.300. The molecule has 0 saturated heterocycles. The molecule has 2 aromatic rings. The maximum absolute atomic E-state index is 12.0. The first-order chi connectivity index (χ1) is 9.40. The highest BCUT2D eigenvalue weighted by atomic mass is 35.5. The number of rotatable bonds is 5. The molecule has 0 spiro atoms. The number of nitrogens with zero attached hydrogens (tertiary/aromatic N) is 3. The fourth-order valence-electron chi connectivity index (χ4n) is 1.51. The number of aryl methyl sites for hydroxylation is 1. The lowest BCUT2D eigenvalue weighted by molar-refractivity contribution is 0.579. The molecule has 2 aromatic heterocycles. The molecule has 2 rings (SSSR count). The number of hydrogen-bond acceptors (Lipinski definition) is 5. The number of pyridine rings is 1. The van der Waals surface area contributed by atoms with E-state index in [1.165, 1.54) is 6.33 Å². The number of hydrogen-bond donors (Lipinski definition) is 2. The van der Waals surface area contributed by atoms with Gasteiger partial charge in [0.05, 0.1) is 4.90 Å². The van der Waals surface area contributed by atoms with Crippen molar-refractivity contribution < 1.29 is 8.42 Å². The topological polar surface area (TPSA) is 110 Å². The number of sulfonamides is 1. The van der Waals surface area contributed by atoms with Gasteiger partial charge in [0, 0.05) is 26.2 Å². The molecule has 0 atom stereocenters.